The maximum Gasteiger partial charge on any atom is 0.250 e. The molecule has 0 aliphatic carbocycles. The summed E-state index contributed by atoms with van der Waals surface area (Å²) < 4.78 is 2.21. The number of hydrogen-bond donors (Lipinski definition) is 1. The van der Waals surface area contributed by atoms with Gasteiger partial charge in [0.2, 0.25) is 5.91 Å². The molecule has 0 atom stereocenters. The van der Waals surface area contributed by atoms with Gasteiger partial charge in [-0.15, -0.1) is 11.3 Å². The number of nitrogens with one attached hydrogen (secondary N) is 1. The van der Waals surface area contributed by atoms with Gasteiger partial charge in [0.15, 0.2) is 5.13 Å². The zero-order valence-corrected chi connectivity index (χ0v) is 19.7. The topological polar surface area (TPSA) is 46.9 Å². The Labute approximate surface area is 197 Å². The van der Waals surface area contributed by atoms with Gasteiger partial charge in [-0.1, -0.05) is 62.4 Å². The molecule has 0 saturated carbocycles. The van der Waals surface area contributed by atoms with Crippen molar-refractivity contribution in [2.24, 2.45) is 7.05 Å². The zero-order valence-electron chi connectivity index (χ0n) is 18.9. The summed E-state index contributed by atoms with van der Waals surface area (Å²) in [5, 5.41) is 7.89. The van der Waals surface area contributed by atoms with E-state index < -0.39 is 0 Å². The first-order valence-electron chi connectivity index (χ1n) is 11.0. The van der Waals surface area contributed by atoms with Gasteiger partial charge >= 0.3 is 0 Å². The van der Waals surface area contributed by atoms with Gasteiger partial charge in [0.1, 0.15) is 0 Å². The molecular weight excluding hydrogens is 426 g/mol. The highest BCUT2D eigenvalue weighted by atomic mass is 32.1. The second kappa shape index (κ2) is 8.68. The quantitative estimate of drug-likeness (QED) is 0.287. The van der Waals surface area contributed by atoms with E-state index in [1.165, 1.54) is 38.7 Å². The summed E-state index contributed by atoms with van der Waals surface area (Å²) in [4.78, 5) is 17.0. The summed E-state index contributed by atoms with van der Waals surface area (Å²) in [6.07, 6.45) is 3.37. The molecule has 5 heteroatoms. The van der Waals surface area contributed by atoms with Crippen LogP contribution in [-0.2, 0) is 11.8 Å². The molecule has 33 heavy (non-hydrogen) atoms. The minimum absolute atomic E-state index is 0.187. The van der Waals surface area contributed by atoms with E-state index in [0.29, 0.717) is 11.0 Å². The van der Waals surface area contributed by atoms with Crippen molar-refractivity contribution in [3.05, 3.63) is 89.3 Å². The van der Waals surface area contributed by atoms with Crippen LogP contribution in [0.2, 0.25) is 0 Å². The normalized spacial score (nSPS) is 11.8. The summed E-state index contributed by atoms with van der Waals surface area (Å²) in [5.74, 6) is 0.306. The molecule has 0 saturated heterocycles. The van der Waals surface area contributed by atoms with E-state index >= 15 is 0 Å². The summed E-state index contributed by atoms with van der Waals surface area (Å²) >= 11 is 1.43. The number of amides is 1. The Kier molecular flexibility index (Phi) is 5.56. The van der Waals surface area contributed by atoms with Crippen molar-refractivity contribution in [2.75, 3.05) is 5.32 Å². The average Bonchev–Trinajstić information content (AvgIpc) is 3.41. The predicted molar refractivity (Wildman–Crippen MR) is 140 cm³/mol. The van der Waals surface area contributed by atoms with E-state index in [1.54, 1.807) is 6.08 Å². The number of hydrogen-bond acceptors (Lipinski definition) is 3. The van der Waals surface area contributed by atoms with Crippen molar-refractivity contribution in [3.8, 4) is 11.3 Å². The molecule has 0 unspecified atom stereocenters. The third-order valence-electron chi connectivity index (χ3n) is 5.97. The highest BCUT2D eigenvalue weighted by molar-refractivity contribution is 7.14. The first-order valence-corrected chi connectivity index (χ1v) is 11.9. The summed E-state index contributed by atoms with van der Waals surface area (Å²) in [6, 6.07) is 23.1. The van der Waals surface area contributed by atoms with Crippen LogP contribution in [0.25, 0.3) is 39.1 Å². The Hall–Kier alpha value is -3.70. The van der Waals surface area contributed by atoms with Crippen molar-refractivity contribution in [3.63, 3.8) is 0 Å². The molecule has 2 aromatic heterocycles. The molecule has 5 rings (SSSR count). The fourth-order valence-electron chi connectivity index (χ4n) is 4.10. The maximum absolute atomic E-state index is 12.4. The Bertz CT molecular complexity index is 1490. The first-order chi connectivity index (χ1) is 16.0. The second-order valence-electron chi connectivity index (χ2n) is 8.49. The van der Waals surface area contributed by atoms with Crippen molar-refractivity contribution in [1.29, 1.82) is 0 Å². The molecule has 0 spiro atoms. The maximum atomic E-state index is 12.4. The van der Waals surface area contributed by atoms with Crippen LogP contribution >= 0.6 is 11.3 Å². The number of para-hydroxylation sites is 1. The van der Waals surface area contributed by atoms with E-state index in [-0.39, 0.29) is 5.91 Å². The van der Waals surface area contributed by atoms with Crippen LogP contribution in [-0.4, -0.2) is 15.5 Å². The minimum Gasteiger partial charge on any atom is -0.344 e. The average molecular weight is 452 g/mol. The summed E-state index contributed by atoms with van der Waals surface area (Å²) in [6.45, 7) is 4.33. The number of nitrogens with zero attached hydrogens (tertiary/aromatic N) is 2. The molecular formula is C28H25N3OS. The van der Waals surface area contributed by atoms with Crippen LogP contribution in [0.3, 0.4) is 0 Å². The molecule has 5 aromatic rings. The van der Waals surface area contributed by atoms with Crippen molar-refractivity contribution < 1.29 is 4.79 Å². The summed E-state index contributed by atoms with van der Waals surface area (Å²) in [7, 11) is 2.09. The molecule has 1 amide bonds. The number of anilines is 1. The molecule has 2 heterocycles. The van der Waals surface area contributed by atoms with Gasteiger partial charge in [-0.05, 0) is 41.3 Å². The number of benzene rings is 3. The van der Waals surface area contributed by atoms with Gasteiger partial charge in [-0.25, -0.2) is 4.98 Å². The largest absolute Gasteiger partial charge is 0.344 e. The monoisotopic (exact) mass is 451 g/mol. The number of aryl methyl sites for hydroxylation is 1. The molecule has 4 nitrogen and oxygen atoms in total. The van der Waals surface area contributed by atoms with Crippen LogP contribution in [0.1, 0.15) is 30.9 Å². The molecule has 0 aliphatic rings. The highest BCUT2D eigenvalue weighted by Gasteiger charge is 2.11. The van der Waals surface area contributed by atoms with Crippen LogP contribution < -0.4 is 5.32 Å². The predicted octanol–water partition coefficient (Wildman–Crippen LogP) is 7.23. The molecule has 0 radical (unpaired) electrons. The van der Waals surface area contributed by atoms with Crippen LogP contribution in [0.4, 0.5) is 5.13 Å². The fourth-order valence-corrected chi connectivity index (χ4v) is 4.82. The number of thiazole rings is 1. The third kappa shape index (κ3) is 4.20. The van der Waals surface area contributed by atoms with Gasteiger partial charge in [-0.2, -0.15) is 0 Å². The number of aromatic nitrogens is 2. The highest BCUT2D eigenvalue weighted by Crippen LogP contribution is 2.33. The van der Waals surface area contributed by atoms with E-state index in [9.17, 15) is 4.79 Å². The lowest BCUT2D eigenvalue weighted by molar-refractivity contribution is -0.111. The minimum atomic E-state index is -0.187. The molecule has 0 aliphatic heterocycles. The number of rotatable bonds is 5. The Morgan fingerprint density at radius 2 is 1.76 bits per heavy atom. The Morgan fingerprint density at radius 3 is 2.55 bits per heavy atom. The lowest BCUT2D eigenvalue weighted by Gasteiger charge is -2.04. The van der Waals surface area contributed by atoms with Gasteiger partial charge in [0, 0.05) is 45.9 Å². The Morgan fingerprint density at radius 1 is 1.00 bits per heavy atom. The lowest BCUT2D eigenvalue weighted by atomic mass is 10.0. The molecule has 0 bridgehead atoms. The van der Waals surface area contributed by atoms with Crippen molar-refractivity contribution in [1.82, 2.24) is 9.55 Å². The number of carbonyl (C=O) groups excluding carboxylic acids is 1. The van der Waals surface area contributed by atoms with Crippen LogP contribution in [0.5, 0.6) is 0 Å². The van der Waals surface area contributed by atoms with E-state index in [4.69, 9.17) is 0 Å². The third-order valence-corrected chi connectivity index (χ3v) is 6.73. The second-order valence-corrected chi connectivity index (χ2v) is 9.35. The van der Waals surface area contributed by atoms with Crippen molar-refractivity contribution in [2.45, 2.75) is 19.8 Å². The van der Waals surface area contributed by atoms with Gasteiger partial charge in [0.05, 0.1) is 5.69 Å². The molecule has 1 N–H and O–H groups in total. The van der Waals surface area contributed by atoms with E-state index in [2.05, 4.69) is 90.4 Å². The number of fused-ring (bicyclic) bond motifs is 3. The standard InChI is InChI=1S/C28H25N3OS/c1-18(2)20-11-8-19(9-12-20)10-15-27(32)30-28-29-24(17-33-28)21-13-14-26-23(16-21)22-6-4-5-7-25(22)31(26)3/h4-18H,1-3H3,(H,29,30,32)/b15-10+. The molecule has 3 aromatic carbocycles. The SMILES string of the molecule is CC(C)c1ccc(/C=C/C(=O)Nc2nc(-c3ccc4c(c3)c3ccccc3n4C)cs2)cc1. The van der Waals surface area contributed by atoms with E-state index in [1.807, 2.05) is 23.6 Å². The van der Waals surface area contributed by atoms with Gasteiger partial charge in [-0.3, -0.25) is 10.1 Å². The smallest absolute Gasteiger partial charge is 0.250 e. The van der Waals surface area contributed by atoms with Crippen molar-refractivity contribution >= 4 is 50.3 Å². The van der Waals surface area contributed by atoms with Crippen LogP contribution in [0.15, 0.2) is 78.2 Å². The van der Waals surface area contributed by atoms with Gasteiger partial charge < -0.3 is 4.57 Å². The Balaban J connectivity index is 1.33. The number of carbonyl (C=O) groups is 1. The lowest BCUT2D eigenvalue weighted by Crippen LogP contribution is -2.07. The van der Waals surface area contributed by atoms with E-state index in [0.717, 1.165) is 16.8 Å². The molecule has 0 fully saturated rings. The molecule has 164 valence electrons. The zero-order chi connectivity index (χ0) is 22.9. The van der Waals surface area contributed by atoms with Crippen LogP contribution in [0, 0.1) is 0 Å². The summed E-state index contributed by atoms with van der Waals surface area (Å²) in [5.41, 5.74) is 6.58. The van der Waals surface area contributed by atoms with Gasteiger partial charge in [0.25, 0.3) is 0 Å². The fraction of sp³-hybridized carbons (Fsp3) is 0.143. The first kappa shape index (κ1) is 21.2.